The van der Waals surface area contributed by atoms with E-state index in [1.165, 1.54) is 4.88 Å². The quantitative estimate of drug-likeness (QED) is 0.910. The normalized spacial score (nSPS) is 10.4. The van der Waals surface area contributed by atoms with E-state index in [0.717, 1.165) is 22.7 Å². The number of hydrogen-bond acceptors (Lipinski definition) is 3. The molecule has 0 fully saturated rings. The second kappa shape index (κ2) is 6.48. The van der Waals surface area contributed by atoms with Crippen LogP contribution in [-0.2, 0) is 17.8 Å². The van der Waals surface area contributed by atoms with Crippen LogP contribution in [0, 0.1) is 13.8 Å². The molecule has 0 saturated carbocycles. The maximum atomic E-state index is 11.8. The van der Waals surface area contributed by atoms with Crippen LogP contribution in [0.25, 0.3) is 0 Å². The summed E-state index contributed by atoms with van der Waals surface area (Å²) in [6.07, 6.45) is 1.30. The van der Waals surface area contributed by atoms with Gasteiger partial charge in [0.15, 0.2) is 0 Å². The molecule has 4 heteroatoms. The molecule has 19 heavy (non-hydrogen) atoms. The summed E-state index contributed by atoms with van der Waals surface area (Å²) in [5, 5.41) is 4.01. The van der Waals surface area contributed by atoms with Crippen LogP contribution in [0.15, 0.2) is 30.3 Å². The van der Waals surface area contributed by atoms with Gasteiger partial charge in [0.25, 0.3) is 0 Å². The molecule has 0 aliphatic carbocycles. The molecule has 1 heterocycles. The van der Waals surface area contributed by atoms with Crippen LogP contribution in [0.5, 0.6) is 0 Å². The Hall–Kier alpha value is -1.68. The molecule has 3 nitrogen and oxygen atoms in total. The minimum atomic E-state index is 0.0920. The molecule has 2 rings (SSSR count). The van der Waals surface area contributed by atoms with Crippen molar-refractivity contribution in [2.75, 3.05) is 0 Å². The number of aromatic nitrogens is 1. The smallest absolute Gasteiger partial charge is 0.220 e. The molecule has 100 valence electrons. The van der Waals surface area contributed by atoms with Gasteiger partial charge in [-0.05, 0) is 25.8 Å². The lowest BCUT2D eigenvalue weighted by atomic mass is 10.2. The molecule has 1 N–H and O–H groups in total. The minimum absolute atomic E-state index is 0.0920. The van der Waals surface area contributed by atoms with Crippen LogP contribution in [0.4, 0.5) is 0 Å². The average molecular weight is 274 g/mol. The van der Waals surface area contributed by atoms with Gasteiger partial charge in [-0.15, -0.1) is 11.3 Å². The lowest BCUT2D eigenvalue weighted by Crippen LogP contribution is -2.22. The second-order valence-corrected chi connectivity index (χ2v) is 5.79. The van der Waals surface area contributed by atoms with Crippen LogP contribution in [0.1, 0.15) is 27.6 Å². The molecule has 0 unspecified atom stereocenters. The Morgan fingerprint density at radius 1 is 1.26 bits per heavy atom. The molecule has 1 amide bonds. The lowest BCUT2D eigenvalue weighted by Gasteiger charge is -2.04. The maximum Gasteiger partial charge on any atom is 0.220 e. The fraction of sp³-hybridized carbons (Fsp3) is 0.333. The summed E-state index contributed by atoms with van der Waals surface area (Å²) in [6.45, 7) is 4.59. The molecule has 2 aromatic rings. The van der Waals surface area contributed by atoms with Gasteiger partial charge in [0.05, 0.1) is 10.7 Å². The second-order valence-electron chi connectivity index (χ2n) is 4.50. The topological polar surface area (TPSA) is 42.0 Å². The van der Waals surface area contributed by atoms with Gasteiger partial charge >= 0.3 is 0 Å². The Labute approximate surface area is 117 Å². The average Bonchev–Trinajstić information content (AvgIpc) is 2.73. The Balaban J connectivity index is 1.77. The van der Waals surface area contributed by atoms with Crippen molar-refractivity contribution in [2.24, 2.45) is 0 Å². The number of carbonyl (C=O) groups is 1. The lowest BCUT2D eigenvalue weighted by molar-refractivity contribution is -0.121. The third kappa shape index (κ3) is 4.17. The van der Waals surface area contributed by atoms with E-state index < -0.39 is 0 Å². The first-order valence-corrected chi connectivity index (χ1v) is 7.20. The summed E-state index contributed by atoms with van der Waals surface area (Å²) in [6, 6.07) is 9.95. The van der Waals surface area contributed by atoms with Gasteiger partial charge in [-0.1, -0.05) is 30.3 Å². The van der Waals surface area contributed by atoms with Crippen molar-refractivity contribution < 1.29 is 4.79 Å². The molecular formula is C15H18N2OS. The fourth-order valence-corrected chi connectivity index (χ4v) is 2.85. The van der Waals surface area contributed by atoms with Gasteiger partial charge in [0.2, 0.25) is 5.91 Å². The first-order valence-electron chi connectivity index (χ1n) is 6.38. The number of thiazole rings is 1. The zero-order valence-corrected chi connectivity index (χ0v) is 12.1. The fourth-order valence-electron chi connectivity index (χ4n) is 1.92. The number of nitrogens with one attached hydrogen (secondary N) is 1. The van der Waals surface area contributed by atoms with Crippen molar-refractivity contribution in [2.45, 2.75) is 33.2 Å². The number of nitrogens with zero attached hydrogens (tertiary/aromatic N) is 1. The molecule has 0 radical (unpaired) electrons. The highest BCUT2D eigenvalue weighted by atomic mass is 32.1. The zero-order valence-electron chi connectivity index (χ0n) is 11.3. The van der Waals surface area contributed by atoms with E-state index in [1.54, 1.807) is 11.3 Å². The summed E-state index contributed by atoms with van der Waals surface area (Å²) in [5.41, 5.74) is 2.18. The van der Waals surface area contributed by atoms with E-state index >= 15 is 0 Å². The maximum absolute atomic E-state index is 11.8. The largest absolute Gasteiger partial charge is 0.352 e. The highest BCUT2D eigenvalue weighted by Crippen LogP contribution is 2.18. The Morgan fingerprint density at radius 2 is 2.00 bits per heavy atom. The number of hydrogen-bond donors (Lipinski definition) is 1. The molecule has 0 aliphatic rings. The zero-order chi connectivity index (χ0) is 13.7. The molecule has 1 aromatic heterocycles. The van der Waals surface area contributed by atoms with Gasteiger partial charge < -0.3 is 5.32 Å². The standard InChI is InChI=1S/C15H18N2OS/c1-11-14(19-12(2)17-11)8-9-15(18)16-10-13-6-4-3-5-7-13/h3-7H,8-10H2,1-2H3,(H,16,18). The van der Waals surface area contributed by atoms with Crippen molar-refractivity contribution >= 4 is 17.2 Å². The summed E-state index contributed by atoms with van der Waals surface area (Å²) in [7, 11) is 0. The number of aryl methyl sites for hydroxylation is 3. The summed E-state index contributed by atoms with van der Waals surface area (Å²) in [4.78, 5) is 17.4. The molecule has 0 bridgehead atoms. The van der Waals surface area contributed by atoms with Crippen LogP contribution >= 0.6 is 11.3 Å². The van der Waals surface area contributed by atoms with Gasteiger partial charge in [-0.3, -0.25) is 4.79 Å². The van der Waals surface area contributed by atoms with Crippen LogP contribution < -0.4 is 5.32 Å². The van der Waals surface area contributed by atoms with Crippen molar-refractivity contribution in [3.8, 4) is 0 Å². The molecule has 1 aromatic carbocycles. The van der Waals surface area contributed by atoms with E-state index in [9.17, 15) is 4.79 Å². The van der Waals surface area contributed by atoms with Crippen LogP contribution in [0.3, 0.4) is 0 Å². The van der Waals surface area contributed by atoms with Gasteiger partial charge in [-0.2, -0.15) is 0 Å². The molecule has 0 aliphatic heterocycles. The molecule has 0 spiro atoms. The molecule has 0 atom stereocenters. The number of benzene rings is 1. The van der Waals surface area contributed by atoms with Crippen molar-refractivity contribution in [1.29, 1.82) is 0 Å². The SMILES string of the molecule is Cc1nc(C)c(CCC(=O)NCc2ccccc2)s1. The van der Waals surface area contributed by atoms with E-state index in [4.69, 9.17) is 0 Å². The van der Waals surface area contributed by atoms with E-state index in [1.807, 2.05) is 44.2 Å². The predicted octanol–water partition coefficient (Wildman–Crippen LogP) is 3.01. The third-order valence-electron chi connectivity index (χ3n) is 2.91. The monoisotopic (exact) mass is 274 g/mol. The van der Waals surface area contributed by atoms with Crippen LogP contribution in [0.2, 0.25) is 0 Å². The third-order valence-corrected chi connectivity index (χ3v) is 4.04. The van der Waals surface area contributed by atoms with Crippen LogP contribution in [-0.4, -0.2) is 10.9 Å². The summed E-state index contributed by atoms with van der Waals surface area (Å²) < 4.78 is 0. The first kappa shape index (κ1) is 13.7. The summed E-state index contributed by atoms with van der Waals surface area (Å²) in [5.74, 6) is 0.0920. The molecule has 0 saturated heterocycles. The highest BCUT2D eigenvalue weighted by molar-refractivity contribution is 7.11. The summed E-state index contributed by atoms with van der Waals surface area (Å²) >= 11 is 1.68. The van der Waals surface area contributed by atoms with Crippen molar-refractivity contribution in [3.63, 3.8) is 0 Å². The first-order chi connectivity index (χ1) is 9.15. The van der Waals surface area contributed by atoms with Gasteiger partial charge in [0.1, 0.15) is 0 Å². The van der Waals surface area contributed by atoms with E-state index in [2.05, 4.69) is 10.3 Å². The predicted molar refractivity (Wildman–Crippen MR) is 78.2 cm³/mol. The van der Waals surface area contributed by atoms with E-state index in [0.29, 0.717) is 13.0 Å². The number of amides is 1. The minimum Gasteiger partial charge on any atom is -0.352 e. The van der Waals surface area contributed by atoms with E-state index in [-0.39, 0.29) is 5.91 Å². The number of rotatable bonds is 5. The van der Waals surface area contributed by atoms with Crippen molar-refractivity contribution in [3.05, 3.63) is 51.5 Å². The molecular weight excluding hydrogens is 256 g/mol. The van der Waals surface area contributed by atoms with Crippen molar-refractivity contribution in [1.82, 2.24) is 10.3 Å². The van der Waals surface area contributed by atoms with Gasteiger partial charge in [-0.25, -0.2) is 4.98 Å². The Kier molecular flexibility index (Phi) is 4.68. The number of carbonyl (C=O) groups excluding carboxylic acids is 1. The highest BCUT2D eigenvalue weighted by Gasteiger charge is 2.07. The van der Waals surface area contributed by atoms with Gasteiger partial charge in [0, 0.05) is 17.8 Å². The Morgan fingerprint density at radius 3 is 2.63 bits per heavy atom. The Bertz CT molecular complexity index is 549.